The van der Waals surface area contributed by atoms with Crippen molar-refractivity contribution in [2.24, 2.45) is 0 Å². The van der Waals surface area contributed by atoms with Crippen LogP contribution in [0.3, 0.4) is 0 Å². The highest BCUT2D eigenvalue weighted by atomic mass is 16.6. The average Bonchev–Trinajstić information content (AvgIpc) is 3.05. The van der Waals surface area contributed by atoms with Gasteiger partial charge in [0, 0.05) is 6.54 Å². The molecule has 0 aliphatic carbocycles. The zero-order chi connectivity index (χ0) is 18.1. The Morgan fingerprint density at radius 1 is 1.04 bits per heavy atom. The van der Waals surface area contributed by atoms with Crippen molar-refractivity contribution < 1.29 is 13.9 Å². The quantitative estimate of drug-likeness (QED) is 0.592. The van der Waals surface area contributed by atoms with Crippen molar-refractivity contribution >= 4 is 11.8 Å². The van der Waals surface area contributed by atoms with Crippen LogP contribution in [0.4, 0.5) is 4.79 Å². The van der Waals surface area contributed by atoms with Gasteiger partial charge in [0.1, 0.15) is 11.4 Å². The lowest BCUT2D eigenvalue weighted by molar-refractivity contribution is 0.0348. The minimum absolute atomic E-state index is 0.287. The maximum atomic E-state index is 12.8. The predicted octanol–water partition coefficient (Wildman–Crippen LogP) is 6.38. The van der Waals surface area contributed by atoms with Gasteiger partial charge in [0.05, 0.1) is 12.0 Å². The number of amides is 1. The molecule has 1 aromatic heterocycles. The first-order chi connectivity index (χ1) is 12.0. The lowest BCUT2D eigenvalue weighted by atomic mass is 10.1. The smallest absolute Gasteiger partial charge is 0.414 e. The first-order valence-electron chi connectivity index (χ1n) is 9.72. The van der Waals surface area contributed by atoms with Gasteiger partial charge in [-0.3, -0.25) is 4.90 Å². The Labute approximate surface area is 152 Å². The zero-order valence-electron chi connectivity index (χ0n) is 16.1. The van der Waals surface area contributed by atoms with Crippen molar-refractivity contribution in [2.45, 2.75) is 84.2 Å². The largest absolute Gasteiger partial charge is 0.463 e. The molecule has 0 fully saturated rings. The van der Waals surface area contributed by atoms with Crippen LogP contribution in [0.5, 0.6) is 0 Å². The second-order valence-electron chi connectivity index (χ2n) is 7.82. The number of allylic oxidation sites excluding steroid dienone is 1. The van der Waals surface area contributed by atoms with Gasteiger partial charge in [-0.05, 0) is 52.2 Å². The number of carbonyl (C=O) groups excluding carboxylic acids is 1. The van der Waals surface area contributed by atoms with Crippen LogP contribution in [-0.2, 0) is 4.74 Å². The van der Waals surface area contributed by atoms with E-state index >= 15 is 0 Å². The molecule has 1 aliphatic heterocycles. The first-order valence-corrected chi connectivity index (χ1v) is 9.72. The maximum absolute atomic E-state index is 12.8. The SMILES string of the molecule is CC(C)(C)OC(=O)N1CCCCCCCCCC/C=C\1c1ccco1. The number of furan rings is 1. The van der Waals surface area contributed by atoms with Gasteiger partial charge >= 0.3 is 6.09 Å². The van der Waals surface area contributed by atoms with Crippen molar-refractivity contribution in [3.8, 4) is 0 Å². The van der Waals surface area contributed by atoms with Crippen molar-refractivity contribution in [3.05, 3.63) is 30.2 Å². The zero-order valence-corrected chi connectivity index (χ0v) is 16.1. The highest BCUT2D eigenvalue weighted by Crippen LogP contribution is 2.25. The molecule has 0 unspecified atom stereocenters. The first kappa shape index (κ1) is 19.6. The maximum Gasteiger partial charge on any atom is 0.414 e. The molecular weight excluding hydrogens is 314 g/mol. The third-order valence-corrected chi connectivity index (χ3v) is 4.35. The minimum atomic E-state index is -0.507. The summed E-state index contributed by atoms with van der Waals surface area (Å²) in [5.74, 6) is 0.737. The number of rotatable bonds is 1. The number of nitrogens with zero attached hydrogens (tertiary/aromatic N) is 1. The van der Waals surface area contributed by atoms with Gasteiger partial charge in [0.25, 0.3) is 0 Å². The topological polar surface area (TPSA) is 42.7 Å². The second-order valence-corrected chi connectivity index (χ2v) is 7.82. The lowest BCUT2D eigenvalue weighted by Gasteiger charge is -2.28. The normalized spacial score (nSPS) is 20.6. The van der Waals surface area contributed by atoms with Gasteiger partial charge in [-0.15, -0.1) is 0 Å². The minimum Gasteiger partial charge on any atom is -0.463 e. The van der Waals surface area contributed by atoms with E-state index in [1.54, 1.807) is 11.2 Å². The van der Waals surface area contributed by atoms with Gasteiger partial charge in [0.15, 0.2) is 0 Å². The molecule has 1 amide bonds. The van der Waals surface area contributed by atoms with Gasteiger partial charge in [-0.25, -0.2) is 4.79 Å². The molecule has 2 heterocycles. The number of ether oxygens (including phenoxy) is 1. The van der Waals surface area contributed by atoms with E-state index in [4.69, 9.17) is 9.15 Å². The highest BCUT2D eigenvalue weighted by Gasteiger charge is 2.26. The molecule has 0 saturated heterocycles. The Morgan fingerprint density at radius 2 is 1.68 bits per heavy atom. The predicted molar refractivity (Wildman–Crippen MR) is 101 cm³/mol. The molecule has 0 radical (unpaired) electrons. The Kier molecular flexibility index (Phi) is 7.60. The van der Waals surface area contributed by atoms with Crippen molar-refractivity contribution in [3.63, 3.8) is 0 Å². The summed E-state index contributed by atoms with van der Waals surface area (Å²) in [6, 6.07) is 3.78. The van der Waals surface area contributed by atoms with Crippen LogP contribution < -0.4 is 0 Å². The van der Waals surface area contributed by atoms with Gasteiger partial charge in [-0.2, -0.15) is 0 Å². The van der Waals surface area contributed by atoms with Crippen LogP contribution in [0, 0.1) is 0 Å². The molecular formula is C21H33NO3. The molecule has 2 rings (SSSR count). The van der Waals surface area contributed by atoms with Gasteiger partial charge in [-0.1, -0.05) is 44.6 Å². The third kappa shape index (κ3) is 6.97. The molecule has 140 valence electrons. The molecule has 0 spiro atoms. The Morgan fingerprint density at radius 3 is 2.28 bits per heavy atom. The van der Waals surface area contributed by atoms with Crippen LogP contribution in [-0.4, -0.2) is 23.1 Å². The van der Waals surface area contributed by atoms with Crippen LogP contribution in [0.25, 0.3) is 5.70 Å². The Hall–Kier alpha value is -1.71. The summed E-state index contributed by atoms with van der Waals surface area (Å²) < 4.78 is 11.3. The molecule has 0 atom stereocenters. The van der Waals surface area contributed by atoms with E-state index in [1.807, 2.05) is 32.9 Å². The molecule has 1 aromatic rings. The van der Waals surface area contributed by atoms with Crippen LogP contribution in [0.15, 0.2) is 28.9 Å². The van der Waals surface area contributed by atoms with Crippen molar-refractivity contribution in [1.29, 1.82) is 0 Å². The number of carbonyl (C=O) groups is 1. The second kappa shape index (κ2) is 9.69. The van der Waals surface area contributed by atoms with Crippen LogP contribution in [0.1, 0.15) is 84.3 Å². The van der Waals surface area contributed by atoms with Crippen molar-refractivity contribution in [2.75, 3.05) is 6.54 Å². The molecule has 0 aromatic carbocycles. The van der Waals surface area contributed by atoms with Gasteiger partial charge in [0.2, 0.25) is 0 Å². The summed E-state index contributed by atoms with van der Waals surface area (Å²) in [5, 5.41) is 0. The van der Waals surface area contributed by atoms with E-state index in [0.717, 1.165) is 37.1 Å². The summed E-state index contributed by atoms with van der Waals surface area (Å²) in [4.78, 5) is 14.6. The molecule has 4 heteroatoms. The summed E-state index contributed by atoms with van der Waals surface area (Å²) >= 11 is 0. The molecule has 0 bridgehead atoms. The van der Waals surface area contributed by atoms with E-state index in [-0.39, 0.29) is 6.09 Å². The fourth-order valence-electron chi connectivity index (χ4n) is 3.11. The summed E-state index contributed by atoms with van der Waals surface area (Å²) in [7, 11) is 0. The molecule has 25 heavy (non-hydrogen) atoms. The average molecular weight is 347 g/mol. The van der Waals surface area contributed by atoms with E-state index in [9.17, 15) is 4.79 Å². The molecule has 0 N–H and O–H groups in total. The van der Waals surface area contributed by atoms with Gasteiger partial charge < -0.3 is 9.15 Å². The monoisotopic (exact) mass is 347 g/mol. The van der Waals surface area contributed by atoms with E-state index < -0.39 is 5.60 Å². The van der Waals surface area contributed by atoms with E-state index in [1.165, 1.54) is 32.1 Å². The summed E-state index contributed by atoms with van der Waals surface area (Å²) in [6.07, 6.45) is 14.1. The molecule has 0 saturated carbocycles. The fraction of sp³-hybridized carbons (Fsp3) is 0.667. The Balaban J connectivity index is 2.23. The lowest BCUT2D eigenvalue weighted by Crippen LogP contribution is -2.36. The van der Waals surface area contributed by atoms with Crippen molar-refractivity contribution in [1.82, 2.24) is 4.90 Å². The highest BCUT2D eigenvalue weighted by molar-refractivity contribution is 5.81. The van der Waals surface area contributed by atoms with Crippen LogP contribution >= 0.6 is 0 Å². The molecule has 1 aliphatic rings. The van der Waals surface area contributed by atoms with Crippen LogP contribution in [0.2, 0.25) is 0 Å². The van der Waals surface area contributed by atoms with E-state index in [2.05, 4.69) is 6.08 Å². The fourth-order valence-corrected chi connectivity index (χ4v) is 3.11. The molecule has 4 nitrogen and oxygen atoms in total. The Bertz CT molecular complexity index is 540. The number of hydrogen-bond acceptors (Lipinski definition) is 3. The number of hydrogen-bond donors (Lipinski definition) is 0. The standard InChI is InChI=1S/C21H33NO3/c1-21(2,3)25-20(23)22-16-12-10-8-6-4-5-7-9-11-14-18(22)19-15-13-17-24-19/h13-15,17H,4-12,16H2,1-3H3/b18-14-. The third-order valence-electron chi connectivity index (χ3n) is 4.35. The van der Waals surface area contributed by atoms with E-state index in [0.29, 0.717) is 6.54 Å². The summed E-state index contributed by atoms with van der Waals surface area (Å²) in [6.45, 7) is 6.38. The summed E-state index contributed by atoms with van der Waals surface area (Å²) in [5.41, 5.74) is 0.338.